The Morgan fingerprint density at radius 2 is 1.74 bits per heavy atom. The van der Waals surface area contributed by atoms with Crippen LogP contribution in [-0.4, -0.2) is 35.3 Å². The molecule has 0 aromatic heterocycles. The quantitative estimate of drug-likeness (QED) is 0.719. The van der Waals surface area contributed by atoms with Gasteiger partial charge in [0, 0.05) is 11.6 Å². The molecule has 0 bridgehead atoms. The van der Waals surface area contributed by atoms with Gasteiger partial charge < -0.3 is 10.6 Å². The van der Waals surface area contributed by atoms with Gasteiger partial charge in [-0.25, -0.2) is 4.79 Å². The van der Waals surface area contributed by atoms with Gasteiger partial charge in [0.2, 0.25) is 5.91 Å². The van der Waals surface area contributed by atoms with Crippen LogP contribution in [0.4, 0.5) is 4.79 Å². The van der Waals surface area contributed by atoms with Crippen molar-refractivity contribution < 1.29 is 14.4 Å². The van der Waals surface area contributed by atoms with Crippen molar-refractivity contribution >= 4 is 29.4 Å². The zero-order chi connectivity index (χ0) is 19.2. The van der Waals surface area contributed by atoms with Crippen LogP contribution < -0.4 is 10.6 Å². The molecular formula is C20H20ClN3O3. The number of urea groups is 1. The minimum absolute atomic E-state index is 0.292. The summed E-state index contributed by atoms with van der Waals surface area (Å²) in [6.45, 7) is 0.0111. The molecule has 1 heterocycles. The van der Waals surface area contributed by atoms with Crippen LogP contribution in [0.15, 0.2) is 54.6 Å². The molecular weight excluding hydrogens is 366 g/mol. The molecule has 0 radical (unpaired) electrons. The third-order valence-electron chi connectivity index (χ3n) is 4.38. The Morgan fingerprint density at radius 1 is 1.04 bits per heavy atom. The number of rotatable bonds is 7. The summed E-state index contributed by atoms with van der Waals surface area (Å²) in [5.41, 5.74) is 1.98. The SMILES string of the molecule is O=C(CN1C(=O)N[C@H](CCc2ccccc2)C1=O)NCc1ccc(Cl)cc1. The molecule has 6 nitrogen and oxygen atoms in total. The molecule has 3 rings (SSSR count). The average Bonchev–Trinajstić information content (AvgIpc) is 2.94. The number of aryl methyl sites for hydroxylation is 1. The van der Waals surface area contributed by atoms with Crippen LogP contribution in [0.25, 0.3) is 0 Å². The minimum atomic E-state index is -0.596. The number of carbonyl (C=O) groups excluding carboxylic acids is 3. The van der Waals surface area contributed by atoms with E-state index in [4.69, 9.17) is 11.6 Å². The number of hydrogen-bond acceptors (Lipinski definition) is 3. The van der Waals surface area contributed by atoms with Crippen LogP contribution in [0.1, 0.15) is 17.5 Å². The van der Waals surface area contributed by atoms with Gasteiger partial charge in [0.15, 0.2) is 0 Å². The summed E-state index contributed by atoms with van der Waals surface area (Å²) in [4.78, 5) is 37.6. The predicted molar refractivity (Wildman–Crippen MR) is 102 cm³/mol. The summed E-state index contributed by atoms with van der Waals surface area (Å²) < 4.78 is 0. The van der Waals surface area contributed by atoms with Crippen molar-refractivity contribution in [3.05, 3.63) is 70.7 Å². The highest BCUT2D eigenvalue weighted by molar-refractivity contribution is 6.30. The molecule has 0 saturated carbocycles. The summed E-state index contributed by atoms with van der Waals surface area (Å²) in [6.07, 6.45) is 1.17. The molecule has 1 atom stereocenters. The van der Waals surface area contributed by atoms with Gasteiger partial charge >= 0.3 is 6.03 Å². The highest BCUT2D eigenvalue weighted by atomic mass is 35.5. The lowest BCUT2D eigenvalue weighted by Crippen LogP contribution is -2.41. The molecule has 27 heavy (non-hydrogen) atoms. The number of benzene rings is 2. The maximum atomic E-state index is 12.4. The molecule has 1 fully saturated rings. The lowest BCUT2D eigenvalue weighted by molar-refractivity contribution is -0.132. The molecule has 2 aromatic carbocycles. The smallest absolute Gasteiger partial charge is 0.325 e. The van der Waals surface area contributed by atoms with E-state index in [2.05, 4.69) is 10.6 Å². The van der Waals surface area contributed by atoms with Gasteiger partial charge in [-0.05, 0) is 36.1 Å². The number of hydrogen-bond donors (Lipinski definition) is 2. The second-order valence-corrected chi connectivity index (χ2v) is 6.79. The maximum Gasteiger partial charge on any atom is 0.325 e. The van der Waals surface area contributed by atoms with Crippen LogP contribution in [0.3, 0.4) is 0 Å². The highest BCUT2D eigenvalue weighted by Gasteiger charge is 2.38. The van der Waals surface area contributed by atoms with Crippen molar-refractivity contribution in [1.29, 1.82) is 0 Å². The molecule has 4 amide bonds. The average molecular weight is 386 g/mol. The molecule has 7 heteroatoms. The molecule has 1 aliphatic heterocycles. The number of imide groups is 1. The summed E-state index contributed by atoms with van der Waals surface area (Å²) in [5.74, 6) is -0.755. The first-order valence-electron chi connectivity index (χ1n) is 8.70. The van der Waals surface area contributed by atoms with E-state index in [9.17, 15) is 14.4 Å². The van der Waals surface area contributed by atoms with Crippen LogP contribution in [0.2, 0.25) is 5.02 Å². The summed E-state index contributed by atoms with van der Waals surface area (Å²) in [7, 11) is 0. The fraction of sp³-hybridized carbons (Fsp3) is 0.250. The Labute approximate surface area is 162 Å². The Hall–Kier alpha value is -2.86. The van der Waals surface area contributed by atoms with Gasteiger partial charge in [-0.3, -0.25) is 14.5 Å². The standard InChI is InChI=1S/C20H20ClN3O3/c21-16-9-6-15(7-10-16)12-22-18(25)13-24-19(26)17(23-20(24)27)11-8-14-4-2-1-3-5-14/h1-7,9-10,17H,8,11-13H2,(H,22,25)(H,23,27)/t17-/m1/s1. The summed E-state index contributed by atoms with van der Waals surface area (Å²) in [6, 6.07) is 15.7. The Balaban J connectivity index is 1.49. The van der Waals surface area contributed by atoms with E-state index in [1.807, 2.05) is 30.3 Å². The first-order valence-corrected chi connectivity index (χ1v) is 9.07. The van der Waals surface area contributed by atoms with Crippen LogP contribution in [0, 0.1) is 0 Å². The van der Waals surface area contributed by atoms with Crippen molar-refractivity contribution in [1.82, 2.24) is 15.5 Å². The van der Waals surface area contributed by atoms with E-state index >= 15 is 0 Å². The van der Waals surface area contributed by atoms with E-state index in [1.165, 1.54) is 0 Å². The van der Waals surface area contributed by atoms with Gasteiger partial charge in [-0.2, -0.15) is 0 Å². The van der Waals surface area contributed by atoms with E-state index in [0.717, 1.165) is 16.0 Å². The largest absolute Gasteiger partial charge is 0.350 e. The number of halogens is 1. The topological polar surface area (TPSA) is 78.5 Å². The van der Waals surface area contributed by atoms with Gasteiger partial charge in [0.25, 0.3) is 5.91 Å². The monoisotopic (exact) mass is 385 g/mol. The maximum absolute atomic E-state index is 12.4. The van der Waals surface area contributed by atoms with Gasteiger partial charge in [0.05, 0.1) is 0 Å². The van der Waals surface area contributed by atoms with Gasteiger partial charge in [-0.15, -0.1) is 0 Å². The van der Waals surface area contributed by atoms with Crippen molar-refractivity contribution in [2.24, 2.45) is 0 Å². The summed E-state index contributed by atoms with van der Waals surface area (Å²) in [5, 5.41) is 5.97. The van der Waals surface area contributed by atoms with Gasteiger partial charge in [0.1, 0.15) is 12.6 Å². The van der Waals surface area contributed by atoms with Crippen LogP contribution >= 0.6 is 11.6 Å². The van der Waals surface area contributed by atoms with Crippen LogP contribution in [-0.2, 0) is 22.6 Å². The van der Waals surface area contributed by atoms with Crippen molar-refractivity contribution in [3.63, 3.8) is 0 Å². The van der Waals surface area contributed by atoms with E-state index in [0.29, 0.717) is 24.4 Å². The molecule has 0 spiro atoms. The normalized spacial score (nSPS) is 16.3. The number of nitrogens with zero attached hydrogens (tertiary/aromatic N) is 1. The molecule has 0 aliphatic carbocycles. The Bertz CT molecular complexity index is 824. The molecule has 1 saturated heterocycles. The molecule has 0 unspecified atom stereocenters. The van der Waals surface area contributed by atoms with Gasteiger partial charge in [-0.1, -0.05) is 54.1 Å². The third-order valence-corrected chi connectivity index (χ3v) is 4.63. The van der Waals surface area contributed by atoms with E-state index in [-0.39, 0.29) is 12.5 Å². The summed E-state index contributed by atoms with van der Waals surface area (Å²) >= 11 is 5.82. The second-order valence-electron chi connectivity index (χ2n) is 6.35. The number of nitrogens with one attached hydrogen (secondary N) is 2. The van der Waals surface area contributed by atoms with E-state index < -0.39 is 18.0 Å². The highest BCUT2D eigenvalue weighted by Crippen LogP contribution is 2.13. The Morgan fingerprint density at radius 3 is 2.44 bits per heavy atom. The Kier molecular flexibility index (Phi) is 6.08. The van der Waals surface area contributed by atoms with E-state index in [1.54, 1.807) is 24.3 Å². The molecule has 2 N–H and O–H groups in total. The molecule has 2 aromatic rings. The fourth-order valence-electron chi connectivity index (χ4n) is 2.88. The van der Waals surface area contributed by atoms with Crippen molar-refractivity contribution in [2.75, 3.05) is 6.54 Å². The molecule has 1 aliphatic rings. The zero-order valence-corrected chi connectivity index (χ0v) is 15.4. The third kappa shape index (κ3) is 5.08. The lowest BCUT2D eigenvalue weighted by atomic mass is 10.1. The predicted octanol–water partition coefficient (Wildman–Crippen LogP) is 2.51. The first kappa shape index (κ1) is 18.9. The van der Waals surface area contributed by atoms with Crippen molar-refractivity contribution in [3.8, 4) is 0 Å². The second kappa shape index (κ2) is 8.68. The minimum Gasteiger partial charge on any atom is -0.350 e. The molecule has 140 valence electrons. The fourth-order valence-corrected chi connectivity index (χ4v) is 3.01. The van der Waals surface area contributed by atoms with Crippen molar-refractivity contribution in [2.45, 2.75) is 25.4 Å². The van der Waals surface area contributed by atoms with Crippen LogP contribution in [0.5, 0.6) is 0 Å². The first-order chi connectivity index (χ1) is 13.0. The number of carbonyl (C=O) groups is 3. The zero-order valence-electron chi connectivity index (χ0n) is 14.7. The lowest BCUT2D eigenvalue weighted by Gasteiger charge is -2.13. The number of amides is 4.